The van der Waals surface area contributed by atoms with Gasteiger partial charge in [0.15, 0.2) is 0 Å². The SMILES string of the molecule is CN(Cc1ccccc1Br)c1ccnc(CN)c1. The molecule has 0 aliphatic carbocycles. The van der Waals surface area contributed by atoms with Gasteiger partial charge in [0, 0.05) is 36.5 Å². The molecule has 0 unspecified atom stereocenters. The first kappa shape index (κ1) is 13.1. The Morgan fingerprint density at radius 3 is 2.78 bits per heavy atom. The summed E-state index contributed by atoms with van der Waals surface area (Å²) in [5.74, 6) is 0. The zero-order valence-corrected chi connectivity index (χ0v) is 11.9. The van der Waals surface area contributed by atoms with E-state index in [0.29, 0.717) is 6.54 Å². The normalized spacial score (nSPS) is 10.4. The summed E-state index contributed by atoms with van der Waals surface area (Å²) in [5, 5.41) is 0. The summed E-state index contributed by atoms with van der Waals surface area (Å²) in [6.07, 6.45) is 1.80. The van der Waals surface area contributed by atoms with E-state index in [2.05, 4.69) is 45.0 Å². The van der Waals surface area contributed by atoms with Gasteiger partial charge >= 0.3 is 0 Å². The van der Waals surface area contributed by atoms with E-state index >= 15 is 0 Å². The molecule has 0 amide bonds. The highest BCUT2D eigenvalue weighted by Crippen LogP contribution is 2.21. The van der Waals surface area contributed by atoms with E-state index in [1.54, 1.807) is 6.20 Å². The maximum atomic E-state index is 5.61. The fourth-order valence-electron chi connectivity index (χ4n) is 1.79. The van der Waals surface area contributed by atoms with Crippen LogP contribution in [0.2, 0.25) is 0 Å². The number of aromatic nitrogens is 1. The lowest BCUT2D eigenvalue weighted by molar-refractivity contribution is 0.905. The molecule has 2 N–H and O–H groups in total. The third-order valence-electron chi connectivity index (χ3n) is 2.82. The van der Waals surface area contributed by atoms with Crippen LogP contribution >= 0.6 is 15.9 Å². The van der Waals surface area contributed by atoms with Gasteiger partial charge in [0.05, 0.1) is 5.69 Å². The van der Waals surface area contributed by atoms with Crippen LogP contribution < -0.4 is 10.6 Å². The van der Waals surface area contributed by atoms with Crippen LogP contribution in [0.15, 0.2) is 47.1 Å². The van der Waals surface area contributed by atoms with Crippen molar-refractivity contribution in [3.05, 3.63) is 58.3 Å². The number of anilines is 1. The molecule has 0 spiro atoms. The van der Waals surface area contributed by atoms with Crippen molar-refractivity contribution in [2.45, 2.75) is 13.1 Å². The smallest absolute Gasteiger partial charge is 0.0560 e. The second-order valence-electron chi connectivity index (χ2n) is 4.16. The Labute approximate surface area is 116 Å². The molecular formula is C14H16BrN3. The topological polar surface area (TPSA) is 42.2 Å². The van der Waals surface area contributed by atoms with Gasteiger partial charge in [-0.15, -0.1) is 0 Å². The standard InChI is InChI=1S/C14H16BrN3/c1-18(10-11-4-2-3-5-14(11)15)13-6-7-17-12(8-13)9-16/h2-8H,9-10,16H2,1H3. The summed E-state index contributed by atoms with van der Waals surface area (Å²) >= 11 is 3.57. The zero-order chi connectivity index (χ0) is 13.0. The molecule has 1 aromatic heterocycles. The lowest BCUT2D eigenvalue weighted by atomic mass is 10.2. The van der Waals surface area contributed by atoms with Crippen molar-refractivity contribution >= 4 is 21.6 Å². The third kappa shape index (κ3) is 3.09. The number of rotatable bonds is 4. The summed E-state index contributed by atoms with van der Waals surface area (Å²) in [7, 11) is 2.06. The predicted octanol–water partition coefficient (Wildman–Crippen LogP) is 2.94. The van der Waals surface area contributed by atoms with Gasteiger partial charge in [0.25, 0.3) is 0 Å². The Morgan fingerprint density at radius 2 is 2.06 bits per heavy atom. The molecule has 2 rings (SSSR count). The van der Waals surface area contributed by atoms with E-state index in [1.807, 2.05) is 24.3 Å². The maximum Gasteiger partial charge on any atom is 0.0560 e. The molecule has 3 nitrogen and oxygen atoms in total. The summed E-state index contributed by atoms with van der Waals surface area (Å²) < 4.78 is 1.13. The van der Waals surface area contributed by atoms with Crippen LogP contribution in [-0.4, -0.2) is 12.0 Å². The summed E-state index contributed by atoms with van der Waals surface area (Å²) in [5.41, 5.74) is 8.90. The first-order chi connectivity index (χ1) is 8.70. The minimum absolute atomic E-state index is 0.469. The van der Waals surface area contributed by atoms with Crippen molar-refractivity contribution in [2.75, 3.05) is 11.9 Å². The van der Waals surface area contributed by atoms with E-state index in [4.69, 9.17) is 5.73 Å². The molecule has 2 aromatic rings. The summed E-state index contributed by atoms with van der Waals surface area (Å²) in [6, 6.07) is 12.3. The molecular weight excluding hydrogens is 290 g/mol. The van der Waals surface area contributed by atoms with E-state index in [1.165, 1.54) is 5.56 Å². The maximum absolute atomic E-state index is 5.61. The van der Waals surface area contributed by atoms with Crippen molar-refractivity contribution in [2.24, 2.45) is 5.73 Å². The monoisotopic (exact) mass is 305 g/mol. The Hall–Kier alpha value is -1.39. The fraction of sp³-hybridized carbons (Fsp3) is 0.214. The molecule has 0 bridgehead atoms. The van der Waals surface area contributed by atoms with Gasteiger partial charge in [-0.25, -0.2) is 0 Å². The van der Waals surface area contributed by atoms with Gasteiger partial charge in [0.2, 0.25) is 0 Å². The molecule has 18 heavy (non-hydrogen) atoms. The van der Waals surface area contributed by atoms with Gasteiger partial charge in [-0.05, 0) is 23.8 Å². The van der Waals surface area contributed by atoms with Crippen LogP contribution in [0.5, 0.6) is 0 Å². The van der Waals surface area contributed by atoms with Crippen LogP contribution in [0, 0.1) is 0 Å². The van der Waals surface area contributed by atoms with Gasteiger partial charge in [0.1, 0.15) is 0 Å². The third-order valence-corrected chi connectivity index (χ3v) is 3.59. The van der Waals surface area contributed by atoms with Crippen molar-refractivity contribution in [1.29, 1.82) is 0 Å². The Balaban J connectivity index is 2.16. The van der Waals surface area contributed by atoms with E-state index < -0.39 is 0 Å². The lowest BCUT2D eigenvalue weighted by Gasteiger charge is -2.20. The van der Waals surface area contributed by atoms with Crippen LogP contribution in [0.1, 0.15) is 11.3 Å². The second kappa shape index (κ2) is 5.98. The second-order valence-corrected chi connectivity index (χ2v) is 5.01. The number of nitrogens with two attached hydrogens (primary N) is 1. The molecule has 1 aromatic carbocycles. The van der Waals surface area contributed by atoms with E-state index in [-0.39, 0.29) is 0 Å². The van der Waals surface area contributed by atoms with Crippen LogP contribution in [0.4, 0.5) is 5.69 Å². The van der Waals surface area contributed by atoms with Gasteiger partial charge in [-0.2, -0.15) is 0 Å². The lowest BCUT2D eigenvalue weighted by Crippen LogP contribution is -2.17. The zero-order valence-electron chi connectivity index (χ0n) is 10.3. The number of nitrogens with zero attached hydrogens (tertiary/aromatic N) is 2. The van der Waals surface area contributed by atoms with E-state index in [9.17, 15) is 0 Å². The van der Waals surface area contributed by atoms with Crippen molar-refractivity contribution in [1.82, 2.24) is 4.98 Å². The molecule has 0 radical (unpaired) electrons. The molecule has 0 saturated heterocycles. The summed E-state index contributed by atoms with van der Waals surface area (Å²) in [4.78, 5) is 6.39. The molecule has 0 aliphatic heterocycles. The first-order valence-corrected chi connectivity index (χ1v) is 6.59. The van der Waals surface area contributed by atoms with Gasteiger partial charge < -0.3 is 10.6 Å². The number of halogens is 1. The molecule has 4 heteroatoms. The number of pyridine rings is 1. The minimum atomic E-state index is 0.469. The van der Waals surface area contributed by atoms with Crippen molar-refractivity contribution in [3.63, 3.8) is 0 Å². The molecule has 1 heterocycles. The molecule has 94 valence electrons. The van der Waals surface area contributed by atoms with Crippen molar-refractivity contribution < 1.29 is 0 Å². The highest BCUT2D eigenvalue weighted by molar-refractivity contribution is 9.10. The van der Waals surface area contributed by atoms with Crippen molar-refractivity contribution in [3.8, 4) is 0 Å². The van der Waals surface area contributed by atoms with Gasteiger partial charge in [-0.1, -0.05) is 34.1 Å². The summed E-state index contributed by atoms with van der Waals surface area (Å²) in [6.45, 7) is 1.31. The number of hydrogen-bond donors (Lipinski definition) is 1. The highest BCUT2D eigenvalue weighted by Gasteiger charge is 2.05. The Kier molecular flexibility index (Phi) is 4.33. The quantitative estimate of drug-likeness (QED) is 0.944. The van der Waals surface area contributed by atoms with Gasteiger partial charge in [-0.3, -0.25) is 4.98 Å². The van der Waals surface area contributed by atoms with Crippen LogP contribution in [-0.2, 0) is 13.1 Å². The molecule has 0 aliphatic rings. The molecule has 0 saturated carbocycles. The Bertz CT molecular complexity index is 528. The fourth-order valence-corrected chi connectivity index (χ4v) is 2.20. The molecule has 0 atom stereocenters. The highest BCUT2D eigenvalue weighted by atomic mass is 79.9. The van der Waals surface area contributed by atoms with E-state index in [0.717, 1.165) is 22.4 Å². The molecule has 0 fully saturated rings. The largest absolute Gasteiger partial charge is 0.370 e. The predicted molar refractivity (Wildman–Crippen MR) is 78.4 cm³/mol. The number of benzene rings is 1. The van der Waals surface area contributed by atoms with Crippen LogP contribution in [0.25, 0.3) is 0 Å². The number of hydrogen-bond acceptors (Lipinski definition) is 3. The average molecular weight is 306 g/mol. The minimum Gasteiger partial charge on any atom is -0.370 e. The average Bonchev–Trinajstić information content (AvgIpc) is 2.41. The van der Waals surface area contributed by atoms with Crippen LogP contribution in [0.3, 0.4) is 0 Å². The Morgan fingerprint density at radius 1 is 1.28 bits per heavy atom. The first-order valence-electron chi connectivity index (χ1n) is 5.80.